The zero-order valence-electron chi connectivity index (χ0n) is 26.2. The Hall–Kier alpha value is -2.34. The van der Waals surface area contributed by atoms with Gasteiger partial charge in [0.25, 0.3) is 5.92 Å². The van der Waals surface area contributed by atoms with E-state index in [0.29, 0.717) is 25.4 Å². The van der Waals surface area contributed by atoms with Crippen LogP contribution in [0.15, 0.2) is 30.3 Å². The number of hydrogen-bond acceptors (Lipinski definition) is 8. The number of amides is 1. The molecule has 5 atom stereocenters. The zero-order chi connectivity index (χ0) is 31.5. The number of ether oxygens (including phenoxy) is 6. The number of carbonyl (C=O) groups excluding carboxylic acids is 2. The molecule has 1 fully saturated rings. The van der Waals surface area contributed by atoms with E-state index in [1.165, 1.54) is 0 Å². The molecule has 0 bridgehead atoms. The summed E-state index contributed by atoms with van der Waals surface area (Å²) in [6.07, 6.45) is -0.666. The van der Waals surface area contributed by atoms with Crippen molar-refractivity contribution in [2.45, 2.75) is 122 Å². The Morgan fingerprint density at radius 1 is 0.953 bits per heavy atom. The van der Waals surface area contributed by atoms with E-state index in [2.05, 4.69) is 5.32 Å². The predicted molar refractivity (Wildman–Crippen MR) is 158 cm³/mol. The van der Waals surface area contributed by atoms with E-state index >= 15 is 8.78 Å². The van der Waals surface area contributed by atoms with Crippen LogP contribution in [0.25, 0.3) is 0 Å². The molecule has 1 amide bonds. The van der Waals surface area contributed by atoms with Crippen molar-refractivity contribution in [3.63, 3.8) is 0 Å². The average molecular weight is 616 g/mol. The number of nitrogens with one attached hydrogen (secondary N) is 1. The molecule has 11 heteroatoms. The lowest BCUT2D eigenvalue weighted by Gasteiger charge is -2.44. The van der Waals surface area contributed by atoms with Crippen molar-refractivity contribution in [3.05, 3.63) is 35.9 Å². The first-order valence-corrected chi connectivity index (χ1v) is 15.7. The summed E-state index contributed by atoms with van der Waals surface area (Å²) in [5.41, 5.74) is 0.711. The van der Waals surface area contributed by atoms with Crippen LogP contribution < -0.4 is 5.32 Å². The summed E-state index contributed by atoms with van der Waals surface area (Å²) in [7, 11) is 0. The summed E-state index contributed by atoms with van der Waals surface area (Å²) in [5, 5.41) is 2.27. The number of benzene rings is 1. The summed E-state index contributed by atoms with van der Waals surface area (Å²) < 4.78 is 66.2. The predicted octanol–water partition coefficient (Wildman–Crippen LogP) is 6.21. The molecule has 2 rings (SSSR count). The van der Waals surface area contributed by atoms with E-state index < -0.39 is 54.9 Å². The fraction of sp³-hybridized carbons (Fsp3) is 0.750. The number of unbranched alkanes of at least 4 members (excludes halogenated alkanes) is 3. The zero-order valence-corrected chi connectivity index (χ0v) is 26.2. The summed E-state index contributed by atoms with van der Waals surface area (Å²) in [5.74, 6) is -4.52. The second kappa shape index (κ2) is 20.6. The topological polar surface area (TPSA) is 102 Å². The lowest BCUT2D eigenvalue weighted by Crippen LogP contribution is -2.58. The minimum Gasteiger partial charge on any atom is -0.464 e. The van der Waals surface area contributed by atoms with Crippen molar-refractivity contribution in [1.82, 2.24) is 5.32 Å². The van der Waals surface area contributed by atoms with Gasteiger partial charge in [0.2, 0.25) is 0 Å². The summed E-state index contributed by atoms with van der Waals surface area (Å²) in [6.45, 7) is 8.94. The number of halogens is 2. The van der Waals surface area contributed by atoms with Gasteiger partial charge in [-0.15, -0.1) is 0 Å². The monoisotopic (exact) mass is 615 g/mol. The van der Waals surface area contributed by atoms with Gasteiger partial charge < -0.3 is 33.7 Å². The van der Waals surface area contributed by atoms with Gasteiger partial charge in [0.15, 0.2) is 0 Å². The lowest BCUT2D eigenvalue weighted by molar-refractivity contribution is -0.260. The second-order valence-electron chi connectivity index (χ2n) is 10.8. The first-order valence-electron chi connectivity index (χ1n) is 15.7. The van der Waals surface area contributed by atoms with Gasteiger partial charge in [-0.1, -0.05) is 70.4 Å². The molecule has 1 aromatic carbocycles. The van der Waals surface area contributed by atoms with E-state index in [1.54, 1.807) is 31.2 Å². The SMILES string of the molecule is CCCCOC[C@H]1O[C@@H](C(F)(F)CC(NC(=O)OCc2ccccc2)C(=O)OCC)C[C@@H](OCCCC)[C@H]1OCCCC. The number of rotatable bonds is 21. The highest BCUT2D eigenvalue weighted by atomic mass is 19.3. The van der Waals surface area contributed by atoms with Crippen molar-refractivity contribution in [2.24, 2.45) is 0 Å². The third kappa shape index (κ3) is 13.5. The minimum absolute atomic E-state index is 0.0388. The highest BCUT2D eigenvalue weighted by Crippen LogP contribution is 2.37. The third-order valence-electron chi connectivity index (χ3n) is 7.10. The molecule has 1 saturated heterocycles. The van der Waals surface area contributed by atoms with Crippen molar-refractivity contribution >= 4 is 12.1 Å². The third-order valence-corrected chi connectivity index (χ3v) is 7.10. The Balaban J connectivity index is 2.20. The van der Waals surface area contributed by atoms with Crippen LogP contribution in [0.1, 0.15) is 84.6 Å². The maximum absolute atomic E-state index is 16.0. The summed E-state index contributed by atoms with van der Waals surface area (Å²) >= 11 is 0. The van der Waals surface area contributed by atoms with Gasteiger partial charge in [0.1, 0.15) is 31.0 Å². The molecule has 1 N–H and O–H groups in total. The fourth-order valence-electron chi connectivity index (χ4n) is 4.65. The summed E-state index contributed by atoms with van der Waals surface area (Å²) in [6, 6.07) is 7.24. The fourth-order valence-corrected chi connectivity index (χ4v) is 4.65. The molecule has 0 saturated carbocycles. The van der Waals surface area contributed by atoms with E-state index in [4.69, 9.17) is 28.4 Å². The molecular weight excluding hydrogens is 564 g/mol. The Morgan fingerprint density at radius 2 is 1.60 bits per heavy atom. The van der Waals surface area contributed by atoms with Gasteiger partial charge in [0, 0.05) is 32.7 Å². The van der Waals surface area contributed by atoms with Crippen LogP contribution in [0.5, 0.6) is 0 Å². The molecule has 0 spiro atoms. The Morgan fingerprint density at radius 3 is 2.26 bits per heavy atom. The molecule has 1 aliphatic rings. The number of alkyl carbamates (subject to hydrolysis) is 1. The Labute approximate surface area is 255 Å². The quantitative estimate of drug-likeness (QED) is 0.129. The van der Waals surface area contributed by atoms with Gasteiger partial charge >= 0.3 is 12.1 Å². The Bertz CT molecular complexity index is 907. The molecule has 0 aromatic heterocycles. The number of carbonyl (C=O) groups is 2. The number of alkyl halides is 2. The first-order chi connectivity index (χ1) is 20.7. The highest BCUT2D eigenvalue weighted by molar-refractivity contribution is 5.81. The van der Waals surface area contributed by atoms with Crippen LogP contribution in [0, 0.1) is 0 Å². The van der Waals surface area contributed by atoms with Crippen LogP contribution in [-0.2, 0) is 39.8 Å². The number of hydrogen-bond donors (Lipinski definition) is 1. The van der Waals surface area contributed by atoms with Gasteiger partial charge in [-0.25, -0.2) is 18.4 Å². The maximum Gasteiger partial charge on any atom is 0.408 e. The largest absolute Gasteiger partial charge is 0.464 e. The Kier molecular flexibility index (Phi) is 17.6. The van der Waals surface area contributed by atoms with Crippen molar-refractivity contribution in [3.8, 4) is 0 Å². The molecule has 43 heavy (non-hydrogen) atoms. The highest BCUT2D eigenvalue weighted by Gasteiger charge is 2.52. The average Bonchev–Trinajstić information content (AvgIpc) is 2.99. The first kappa shape index (κ1) is 36.8. The molecule has 1 unspecified atom stereocenters. The van der Waals surface area contributed by atoms with Crippen molar-refractivity contribution in [1.29, 1.82) is 0 Å². The number of esters is 1. The van der Waals surface area contributed by atoms with Crippen LogP contribution in [0.3, 0.4) is 0 Å². The normalized spacial score (nSPS) is 21.3. The van der Waals surface area contributed by atoms with E-state index in [-0.39, 0.29) is 26.2 Å². The molecular formula is C32H51F2NO8. The van der Waals surface area contributed by atoms with Crippen LogP contribution in [0.4, 0.5) is 13.6 Å². The maximum atomic E-state index is 16.0. The van der Waals surface area contributed by atoms with Crippen molar-refractivity contribution < 1.29 is 46.8 Å². The molecule has 9 nitrogen and oxygen atoms in total. The molecule has 1 heterocycles. The molecule has 246 valence electrons. The van der Waals surface area contributed by atoms with Crippen LogP contribution in [-0.4, -0.2) is 81.5 Å². The summed E-state index contributed by atoms with van der Waals surface area (Å²) in [4.78, 5) is 25.2. The molecule has 1 aromatic rings. The van der Waals surface area contributed by atoms with Gasteiger partial charge in [0.05, 0.1) is 19.3 Å². The lowest BCUT2D eigenvalue weighted by atomic mass is 9.91. The minimum atomic E-state index is -3.54. The smallest absolute Gasteiger partial charge is 0.408 e. The van der Waals surface area contributed by atoms with Crippen molar-refractivity contribution in [2.75, 3.05) is 33.0 Å². The molecule has 0 radical (unpaired) electrons. The van der Waals surface area contributed by atoms with E-state index in [0.717, 1.165) is 38.5 Å². The van der Waals surface area contributed by atoms with Gasteiger partial charge in [-0.3, -0.25) is 0 Å². The molecule has 0 aliphatic carbocycles. The van der Waals surface area contributed by atoms with Gasteiger partial charge in [-0.2, -0.15) is 0 Å². The van der Waals surface area contributed by atoms with Gasteiger partial charge in [-0.05, 0) is 31.7 Å². The molecule has 1 aliphatic heterocycles. The van der Waals surface area contributed by atoms with E-state index in [1.807, 2.05) is 26.8 Å². The second-order valence-corrected chi connectivity index (χ2v) is 10.8. The van der Waals surface area contributed by atoms with Crippen LogP contribution >= 0.6 is 0 Å². The van der Waals surface area contributed by atoms with Crippen LogP contribution in [0.2, 0.25) is 0 Å². The van der Waals surface area contributed by atoms with E-state index in [9.17, 15) is 9.59 Å². The standard InChI is InChI=1S/C32H51F2NO8/c1-5-9-17-38-23-27-29(41-19-11-7-3)26(40-18-10-6-2)20-28(43-27)32(33,34)21-25(30(36)39-8-4)35-31(37)42-22-24-15-13-12-14-16-24/h12-16,25-29H,5-11,17-23H2,1-4H3,(H,35,37)/t25?,26-,27-,28-,29-/m1/s1.